The minimum absolute atomic E-state index is 0.132. The number of thiazole rings is 1. The van der Waals surface area contributed by atoms with Crippen LogP contribution in [0.2, 0.25) is 0 Å². The molecule has 2 aromatic heterocycles. The first kappa shape index (κ1) is 15.2. The second-order valence-electron chi connectivity index (χ2n) is 5.26. The number of furan rings is 1. The summed E-state index contributed by atoms with van der Waals surface area (Å²) in [5.41, 5.74) is 0.913. The lowest BCUT2D eigenvalue weighted by molar-refractivity contribution is 0.0341. The molecular weight excluding hydrogens is 302 g/mol. The first-order chi connectivity index (χ1) is 10.7. The minimum atomic E-state index is -0.132. The molecule has 0 spiro atoms. The number of aromatic nitrogens is 1. The largest absolute Gasteiger partial charge is 0.459 e. The summed E-state index contributed by atoms with van der Waals surface area (Å²) >= 11 is 1.64. The molecule has 6 nitrogen and oxygen atoms in total. The van der Waals surface area contributed by atoms with Gasteiger partial charge in [-0.15, -0.1) is 11.3 Å². The second-order valence-corrected chi connectivity index (χ2v) is 6.20. The van der Waals surface area contributed by atoms with Gasteiger partial charge in [0, 0.05) is 25.5 Å². The fourth-order valence-corrected chi connectivity index (χ4v) is 3.17. The van der Waals surface area contributed by atoms with Crippen LogP contribution in [0.3, 0.4) is 0 Å². The van der Waals surface area contributed by atoms with Crippen molar-refractivity contribution in [3.8, 4) is 0 Å². The molecule has 0 atom stereocenters. The highest BCUT2D eigenvalue weighted by Gasteiger charge is 2.17. The van der Waals surface area contributed by atoms with E-state index >= 15 is 0 Å². The van der Waals surface area contributed by atoms with E-state index in [-0.39, 0.29) is 5.91 Å². The number of carbonyl (C=O) groups is 1. The summed E-state index contributed by atoms with van der Waals surface area (Å²) < 4.78 is 10.5. The summed E-state index contributed by atoms with van der Waals surface area (Å²) in [6.07, 6.45) is 1.50. The van der Waals surface area contributed by atoms with Crippen LogP contribution in [-0.4, -0.2) is 54.0 Å². The van der Waals surface area contributed by atoms with Gasteiger partial charge in [-0.2, -0.15) is 0 Å². The second kappa shape index (κ2) is 7.04. The molecule has 0 unspecified atom stereocenters. The van der Waals surface area contributed by atoms with Gasteiger partial charge < -0.3 is 14.1 Å². The third kappa shape index (κ3) is 3.73. The zero-order chi connectivity index (χ0) is 15.4. The standard InChI is InChI=1S/C15H19N3O3S/c1-17(15(19)13-3-2-6-21-13)9-12-11-22-14(16-12)10-18-4-7-20-8-5-18/h2-3,6,11H,4-5,7-10H2,1H3. The Kier molecular flexibility index (Phi) is 4.87. The van der Waals surface area contributed by atoms with Crippen LogP contribution in [0.5, 0.6) is 0 Å². The van der Waals surface area contributed by atoms with E-state index in [1.807, 2.05) is 5.38 Å². The maximum Gasteiger partial charge on any atom is 0.289 e. The molecule has 3 heterocycles. The zero-order valence-corrected chi connectivity index (χ0v) is 13.3. The molecule has 0 bridgehead atoms. The van der Waals surface area contributed by atoms with Crippen molar-refractivity contribution in [1.82, 2.24) is 14.8 Å². The van der Waals surface area contributed by atoms with E-state index in [4.69, 9.17) is 9.15 Å². The van der Waals surface area contributed by atoms with Gasteiger partial charge in [-0.25, -0.2) is 4.98 Å². The van der Waals surface area contributed by atoms with Crippen LogP contribution in [-0.2, 0) is 17.8 Å². The predicted octanol–water partition coefficient (Wildman–Crippen LogP) is 1.84. The van der Waals surface area contributed by atoms with Crippen LogP contribution in [0.1, 0.15) is 21.3 Å². The molecule has 0 aromatic carbocycles. The summed E-state index contributed by atoms with van der Waals surface area (Å²) in [7, 11) is 1.76. The van der Waals surface area contributed by atoms with Gasteiger partial charge >= 0.3 is 0 Å². The first-order valence-corrected chi connectivity index (χ1v) is 8.12. The first-order valence-electron chi connectivity index (χ1n) is 7.25. The maximum atomic E-state index is 12.1. The van der Waals surface area contributed by atoms with E-state index in [1.54, 1.807) is 35.4 Å². The molecule has 0 saturated carbocycles. The van der Waals surface area contributed by atoms with Gasteiger partial charge in [-0.1, -0.05) is 0 Å². The number of carbonyl (C=O) groups excluding carboxylic acids is 1. The van der Waals surface area contributed by atoms with E-state index in [9.17, 15) is 4.79 Å². The number of morpholine rings is 1. The number of rotatable bonds is 5. The molecular formula is C15H19N3O3S. The van der Waals surface area contributed by atoms with Crippen molar-refractivity contribution in [3.63, 3.8) is 0 Å². The highest BCUT2D eigenvalue weighted by Crippen LogP contribution is 2.15. The SMILES string of the molecule is CN(Cc1csc(CN2CCOCC2)n1)C(=O)c1ccco1. The third-order valence-electron chi connectivity index (χ3n) is 3.54. The molecule has 1 aliphatic rings. The summed E-state index contributed by atoms with van der Waals surface area (Å²) in [5, 5.41) is 3.09. The lowest BCUT2D eigenvalue weighted by Crippen LogP contribution is -2.35. The predicted molar refractivity (Wildman–Crippen MR) is 82.7 cm³/mol. The average Bonchev–Trinajstić information content (AvgIpc) is 3.19. The molecule has 1 fully saturated rings. The van der Waals surface area contributed by atoms with Crippen molar-refractivity contribution in [3.05, 3.63) is 40.2 Å². The number of hydrogen-bond donors (Lipinski definition) is 0. The van der Waals surface area contributed by atoms with Crippen LogP contribution in [0.4, 0.5) is 0 Å². The maximum absolute atomic E-state index is 12.1. The van der Waals surface area contributed by atoms with Crippen LogP contribution >= 0.6 is 11.3 Å². The van der Waals surface area contributed by atoms with Gasteiger partial charge in [0.1, 0.15) is 5.01 Å². The van der Waals surface area contributed by atoms with Crippen LogP contribution in [0.25, 0.3) is 0 Å². The molecule has 7 heteroatoms. The molecule has 0 aliphatic carbocycles. The van der Waals surface area contributed by atoms with Gasteiger partial charge in [0.2, 0.25) is 0 Å². The van der Waals surface area contributed by atoms with Crippen molar-refractivity contribution in [2.45, 2.75) is 13.1 Å². The molecule has 0 radical (unpaired) electrons. The molecule has 1 saturated heterocycles. The van der Waals surface area contributed by atoms with E-state index < -0.39 is 0 Å². The van der Waals surface area contributed by atoms with Crippen molar-refractivity contribution >= 4 is 17.2 Å². The van der Waals surface area contributed by atoms with E-state index in [0.717, 1.165) is 43.5 Å². The Morgan fingerprint density at radius 2 is 2.27 bits per heavy atom. The van der Waals surface area contributed by atoms with Crippen molar-refractivity contribution in [1.29, 1.82) is 0 Å². The van der Waals surface area contributed by atoms with Crippen LogP contribution < -0.4 is 0 Å². The Morgan fingerprint density at radius 3 is 3.00 bits per heavy atom. The van der Waals surface area contributed by atoms with Crippen molar-refractivity contribution < 1.29 is 13.9 Å². The fraction of sp³-hybridized carbons (Fsp3) is 0.467. The summed E-state index contributed by atoms with van der Waals surface area (Å²) in [4.78, 5) is 20.7. The summed E-state index contributed by atoms with van der Waals surface area (Å²) in [6, 6.07) is 3.38. The lowest BCUT2D eigenvalue weighted by atomic mass is 10.3. The summed E-state index contributed by atoms with van der Waals surface area (Å²) in [6.45, 7) is 4.82. The van der Waals surface area contributed by atoms with E-state index in [0.29, 0.717) is 12.3 Å². The molecule has 1 amide bonds. The monoisotopic (exact) mass is 321 g/mol. The Balaban J connectivity index is 1.55. The molecule has 2 aromatic rings. The topological polar surface area (TPSA) is 58.8 Å². The average molecular weight is 321 g/mol. The highest BCUT2D eigenvalue weighted by atomic mass is 32.1. The van der Waals surface area contributed by atoms with Gasteiger partial charge in [-0.3, -0.25) is 9.69 Å². The minimum Gasteiger partial charge on any atom is -0.459 e. The van der Waals surface area contributed by atoms with Gasteiger partial charge in [0.15, 0.2) is 5.76 Å². The number of ether oxygens (including phenoxy) is 1. The zero-order valence-electron chi connectivity index (χ0n) is 12.5. The van der Waals surface area contributed by atoms with Crippen LogP contribution in [0.15, 0.2) is 28.2 Å². The third-order valence-corrected chi connectivity index (χ3v) is 4.42. The van der Waals surface area contributed by atoms with Crippen molar-refractivity contribution in [2.24, 2.45) is 0 Å². The molecule has 0 N–H and O–H groups in total. The Bertz CT molecular complexity index is 605. The van der Waals surface area contributed by atoms with Gasteiger partial charge in [0.05, 0.1) is 38.3 Å². The Morgan fingerprint density at radius 1 is 1.45 bits per heavy atom. The number of hydrogen-bond acceptors (Lipinski definition) is 6. The van der Waals surface area contributed by atoms with Gasteiger partial charge in [0.25, 0.3) is 5.91 Å². The normalized spacial score (nSPS) is 15.9. The summed E-state index contributed by atoms with van der Waals surface area (Å²) in [5.74, 6) is 0.221. The smallest absolute Gasteiger partial charge is 0.289 e. The van der Waals surface area contributed by atoms with Crippen LogP contribution in [0, 0.1) is 0 Å². The quantitative estimate of drug-likeness (QED) is 0.841. The van der Waals surface area contributed by atoms with E-state index in [2.05, 4.69) is 9.88 Å². The van der Waals surface area contributed by atoms with E-state index in [1.165, 1.54) is 6.26 Å². The fourth-order valence-electron chi connectivity index (χ4n) is 2.35. The highest BCUT2D eigenvalue weighted by molar-refractivity contribution is 7.09. The number of nitrogens with zero attached hydrogens (tertiary/aromatic N) is 3. The molecule has 3 rings (SSSR count). The Labute approximate surface area is 133 Å². The molecule has 1 aliphatic heterocycles. The number of amides is 1. The lowest BCUT2D eigenvalue weighted by Gasteiger charge is -2.25. The van der Waals surface area contributed by atoms with Crippen molar-refractivity contribution in [2.75, 3.05) is 33.4 Å². The Hall–Kier alpha value is -1.70. The molecule has 118 valence electrons. The molecule has 22 heavy (non-hydrogen) atoms. The van der Waals surface area contributed by atoms with Gasteiger partial charge in [-0.05, 0) is 12.1 Å².